The van der Waals surface area contributed by atoms with Crippen molar-refractivity contribution in [3.63, 3.8) is 0 Å². The van der Waals surface area contributed by atoms with Crippen molar-refractivity contribution in [3.8, 4) is 0 Å². The summed E-state index contributed by atoms with van der Waals surface area (Å²) in [5.41, 5.74) is 0.731. The highest BCUT2D eigenvalue weighted by Gasteiger charge is 2.60. The molecule has 0 radical (unpaired) electrons. The van der Waals surface area contributed by atoms with Gasteiger partial charge in [0.25, 0.3) is 0 Å². The second-order valence-corrected chi connectivity index (χ2v) is 12.4. The fraction of sp³-hybridized carbons (Fsp3) is 1.00. The van der Waals surface area contributed by atoms with Gasteiger partial charge in [0.05, 0.1) is 6.26 Å². The molecule has 0 bridgehead atoms. The molecule has 0 spiro atoms. The van der Waals surface area contributed by atoms with Gasteiger partial charge in [0.1, 0.15) is 0 Å². The first-order valence-electron chi connectivity index (χ1n) is 10.6. The molecule has 1 N–H and O–H groups in total. The Balaban J connectivity index is 1.58. The van der Waals surface area contributed by atoms with Crippen molar-refractivity contribution in [1.29, 1.82) is 0 Å². The van der Waals surface area contributed by atoms with E-state index in [2.05, 4.69) is 25.5 Å². The van der Waals surface area contributed by atoms with E-state index < -0.39 is 10.0 Å². The number of hydrogen-bond donors (Lipinski definition) is 1. The lowest BCUT2D eigenvalue weighted by Gasteiger charge is -2.61. The molecule has 25 heavy (non-hydrogen) atoms. The fourth-order valence-electron chi connectivity index (χ4n) is 7.92. The van der Waals surface area contributed by atoms with Crippen LogP contribution >= 0.6 is 0 Å². The van der Waals surface area contributed by atoms with Crippen LogP contribution in [0.15, 0.2) is 0 Å². The van der Waals surface area contributed by atoms with Crippen molar-refractivity contribution in [2.45, 2.75) is 84.6 Å². The first kappa shape index (κ1) is 18.3. The summed E-state index contributed by atoms with van der Waals surface area (Å²) < 4.78 is 26.7. The Hall–Kier alpha value is -0.0900. The molecule has 4 heteroatoms. The van der Waals surface area contributed by atoms with E-state index in [1.807, 2.05) is 0 Å². The van der Waals surface area contributed by atoms with Crippen LogP contribution in [0.4, 0.5) is 0 Å². The van der Waals surface area contributed by atoms with Crippen LogP contribution in [0.5, 0.6) is 0 Å². The molecule has 4 aliphatic carbocycles. The highest BCUT2D eigenvalue weighted by atomic mass is 32.2. The second-order valence-electron chi connectivity index (χ2n) is 10.6. The zero-order chi connectivity index (χ0) is 18.0. The third kappa shape index (κ3) is 2.90. The third-order valence-electron chi connectivity index (χ3n) is 9.28. The van der Waals surface area contributed by atoms with Crippen LogP contribution < -0.4 is 4.72 Å². The fourth-order valence-corrected chi connectivity index (χ4v) is 8.83. The van der Waals surface area contributed by atoms with Gasteiger partial charge in [-0.2, -0.15) is 0 Å². The zero-order valence-corrected chi connectivity index (χ0v) is 17.4. The molecule has 4 fully saturated rings. The van der Waals surface area contributed by atoms with Crippen molar-refractivity contribution in [2.24, 2.45) is 40.4 Å². The second kappa shape index (κ2) is 5.95. The average Bonchev–Trinajstić information content (AvgIpc) is 2.83. The monoisotopic (exact) mass is 367 g/mol. The van der Waals surface area contributed by atoms with E-state index in [9.17, 15) is 8.42 Å². The highest BCUT2D eigenvalue weighted by Crippen LogP contribution is 2.66. The predicted octanol–water partition coefficient (Wildman–Crippen LogP) is 4.58. The molecule has 3 nitrogen and oxygen atoms in total. The number of fused-ring (bicyclic) bond motifs is 5. The van der Waals surface area contributed by atoms with Gasteiger partial charge < -0.3 is 0 Å². The molecule has 4 rings (SSSR count). The Morgan fingerprint density at radius 1 is 0.880 bits per heavy atom. The van der Waals surface area contributed by atoms with Gasteiger partial charge in [0.2, 0.25) is 10.0 Å². The minimum atomic E-state index is -3.11. The van der Waals surface area contributed by atoms with Crippen LogP contribution in [0, 0.1) is 40.4 Å². The number of nitrogens with one attached hydrogen (secondary N) is 1. The number of sulfonamides is 1. The summed E-state index contributed by atoms with van der Waals surface area (Å²) in [6, 6.07) is 0.158. The molecule has 0 aromatic rings. The molecule has 0 aromatic heterocycles. The number of hydrogen-bond acceptors (Lipinski definition) is 2. The lowest BCUT2D eigenvalue weighted by molar-refractivity contribution is -0.112. The Bertz CT molecular complexity index is 632. The molecule has 144 valence electrons. The summed E-state index contributed by atoms with van der Waals surface area (Å²) in [5, 5.41) is 0. The van der Waals surface area contributed by atoms with E-state index >= 15 is 0 Å². The van der Waals surface area contributed by atoms with E-state index in [-0.39, 0.29) is 11.5 Å². The third-order valence-corrected chi connectivity index (χ3v) is 10.00. The summed E-state index contributed by atoms with van der Waals surface area (Å²) in [6.45, 7) is 7.45. The zero-order valence-electron chi connectivity index (χ0n) is 16.6. The summed E-state index contributed by atoms with van der Waals surface area (Å²) in [5.74, 6) is 4.29. The number of rotatable bonds is 2. The maximum Gasteiger partial charge on any atom is 0.208 e. The molecule has 4 aliphatic rings. The molecule has 0 heterocycles. The maximum atomic E-state index is 11.8. The quantitative estimate of drug-likeness (QED) is 0.776. The summed E-state index contributed by atoms with van der Waals surface area (Å²) in [4.78, 5) is 0. The van der Waals surface area contributed by atoms with Crippen LogP contribution in [-0.2, 0) is 10.0 Å². The molecule has 8 atom stereocenters. The highest BCUT2D eigenvalue weighted by molar-refractivity contribution is 7.88. The molecule has 8 unspecified atom stereocenters. The average molecular weight is 368 g/mol. The lowest BCUT2D eigenvalue weighted by atomic mass is 9.44. The summed E-state index contributed by atoms with van der Waals surface area (Å²) in [6.07, 6.45) is 13.2. The lowest BCUT2D eigenvalue weighted by Crippen LogP contribution is -2.55. The van der Waals surface area contributed by atoms with Crippen LogP contribution in [0.3, 0.4) is 0 Å². The SMILES string of the molecule is CC1CCC2(C)C(CCC3C2CCC2(C)C(NS(C)(=O)=O)CCC32)C1. The molecular formula is C21H37NO2S. The van der Waals surface area contributed by atoms with Gasteiger partial charge in [-0.05, 0) is 91.8 Å². The van der Waals surface area contributed by atoms with E-state index in [4.69, 9.17) is 0 Å². The maximum absolute atomic E-state index is 11.8. The van der Waals surface area contributed by atoms with Crippen molar-refractivity contribution in [2.75, 3.05) is 6.26 Å². The Morgan fingerprint density at radius 3 is 2.28 bits per heavy atom. The topological polar surface area (TPSA) is 46.2 Å². The predicted molar refractivity (Wildman–Crippen MR) is 103 cm³/mol. The molecule has 0 aromatic carbocycles. The van der Waals surface area contributed by atoms with Crippen molar-refractivity contribution >= 4 is 10.0 Å². The van der Waals surface area contributed by atoms with Crippen LogP contribution in [-0.4, -0.2) is 20.7 Å². The van der Waals surface area contributed by atoms with Crippen molar-refractivity contribution in [3.05, 3.63) is 0 Å². The van der Waals surface area contributed by atoms with Crippen molar-refractivity contribution in [1.82, 2.24) is 4.72 Å². The molecule has 4 saturated carbocycles. The van der Waals surface area contributed by atoms with Crippen molar-refractivity contribution < 1.29 is 8.42 Å². The van der Waals surface area contributed by atoms with Gasteiger partial charge in [-0.15, -0.1) is 0 Å². The smallest absolute Gasteiger partial charge is 0.208 e. The minimum Gasteiger partial charge on any atom is -0.213 e. The van der Waals surface area contributed by atoms with Gasteiger partial charge in [-0.25, -0.2) is 13.1 Å². The molecule has 0 aliphatic heterocycles. The van der Waals surface area contributed by atoms with E-state index in [0.717, 1.165) is 36.0 Å². The van der Waals surface area contributed by atoms with Gasteiger partial charge >= 0.3 is 0 Å². The van der Waals surface area contributed by atoms with Crippen LogP contribution in [0.25, 0.3) is 0 Å². The first-order valence-corrected chi connectivity index (χ1v) is 12.5. The molecule has 0 saturated heterocycles. The normalized spacial score (nSPS) is 53.0. The van der Waals surface area contributed by atoms with Gasteiger partial charge in [0, 0.05) is 6.04 Å². The Kier molecular flexibility index (Phi) is 4.35. The largest absolute Gasteiger partial charge is 0.213 e. The summed E-state index contributed by atoms with van der Waals surface area (Å²) >= 11 is 0. The molecule has 0 amide bonds. The Morgan fingerprint density at radius 2 is 1.56 bits per heavy atom. The van der Waals surface area contributed by atoms with E-state index in [0.29, 0.717) is 5.41 Å². The minimum absolute atomic E-state index is 0.158. The molecular weight excluding hydrogens is 330 g/mol. The summed E-state index contributed by atoms with van der Waals surface area (Å²) in [7, 11) is -3.11. The first-order chi connectivity index (χ1) is 11.6. The standard InChI is InChI=1S/C21H37NO2S/c1-14-9-11-20(2)15(13-14)5-6-16-17-7-8-19(22-25(4,23)24)21(17,3)12-10-18(16)20/h14-19,22H,5-13H2,1-4H3. The Labute approximate surface area is 154 Å². The van der Waals surface area contributed by atoms with Gasteiger partial charge in [-0.3, -0.25) is 0 Å². The van der Waals surface area contributed by atoms with Crippen LogP contribution in [0.1, 0.15) is 78.6 Å². The van der Waals surface area contributed by atoms with Crippen LogP contribution in [0.2, 0.25) is 0 Å². The van der Waals surface area contributed by atoms with E-state index in [1.54, 1.807) is 0 Å². The van der Waals surface area contributed by atoms with E-state index in [1.165, 1.54) is 57.6 Å². The van der Waals surface area contributed by atoms with Gasteiger partial charge in [-0.1, -0.05) is 27.2 Å². The van der Waals surface area contributed by atoms with Gasteiger partial charge in [0.15, 0.2) is 0 Å².